The SMILES string of the molecule is CCCNC(=O)N1CC(=O)N2[C@H](CO)[C@H](c3ccc(C#Cc4cccc(OC)c4)cc3)[C@H]2C1. The number of carbonyl (C=O) groups excluding carboxylic acids is 2. The highest BCUT2D eigenvalue weighted by Gasteiger charge is 2.54. The van der Waals surface area contributed by atoms with Crippen molar-refractivity contribution in [2.24, 2.45) is 0 Å². The molecule has 2 aromatic carbocycles. The van der Waals surface area contributed by atoms with E-state index in [0.29, 0.717) is 13.1 Å². The lowest BCUT2D eigenvalue weighted by Crippen LogP contribution is -2.73. The highest BCUT2D eigenvalue weighted by atomic mass is 16.5. The lowest BCUT2D eigenvalue weighted by molar-refractivity contribution is -0.159. The lowest BCUT2D eigenvalue weighted by Gasteiger charge is -2.58. The van der Waals surface area contributed by atoms with Gasteiger partial charge in [-0.05, 0) is 42.3 Å². The molecule has 0 unspecified atom stereocenters. The molecule has 2 aromatic rings. The molecule has 0 bridgehead atoms. The fraction of sp³-hybridized carbons (Fsp3) is 0.385. The third kappa shape index (κ3) is 4.67. The molecule has 0 spiro atoms. The molecule has 2 N–H and O–H groups in total. The van der Waals surface area contributed by atoms with E-state index in [-0.39, 0.29) is 43.1 Å². The van der Waals surface area contributed by atoms with Crippen molar-refractivity contribution < 1.29 is 19.4 Å². The largest absolute Gasteiger partial charge is 0.497 e. The van der Waals surface area contributed by atoms with Crippen molar-refractivity contribution in [2.75, 3.05) is 33.4 Å². The number of carbonyl (C=O) groups is 2. The van der Waals surface area contributed by atoms with Crippen molar-refractivity contribution in [3.8, 4) is 17.6 Å². The summed E-state index contributed by atoms with van der Waals surface area (Å²) in [6, 6.07) is 14.9. The first-order valence-corrected chi connectivity index (χ1v) is 11.3. The zero-order valence-corrected chi connectivity index (χ0v) is 19.0. The first kappa shape index (κ1) is 22.7. The maximum atomic E-state index is 12.7. The molecule has 7 heteroatoms. The molecule has 2 fully saturated rings. The van der Waals surface area contributed by atoms with Gasteiger partial charge in [-0.1, -0.05) is 37.0 Å². The van der Waals surface area contributed by atoms with Crippen LogP contribution in [0.5, 0.6) is 5.75 Å². The van der Waals surface area contributed by atoms with Crippen LogP contribution in [0.25, 0.3) is 0 Å². The van der Waals surface area contributed by atoms with E-state index in [4.69, 9.17) is 4.74 Å². The monoisotopic (exact) mass is 447 g/mol. The number of nitrogens with zero attached hydrogens (tertiary/aromatic N) is 2. The number of benzene rings is 2. The van der Waals surface area contributed by atoms with E-state index in [9.17, 15) is 14.7 Å². The number of ether oxygens (including phenoxy) is 1. The summed E-state index contributed by atoms with van der Waals surface area (Å²) >= 11 is 0. The van der Waals surface area contributed by atoms with Gasteiger partial charge in [0.05, 0.1) is 25.8 Å². The molecule has 2 saturated heterocycles. The summed E-state index contributed by atoms with van der Waals surface area (Å²) in [6.07, 6.45) is 0.839. The van der Waals surface area contributed by atoms with Gasteiger partial charge in [0.2, 0.25) is 5.91 Å². The summed E-state index contributed by atoms with van der Waals surface area (Å²) in [4.78, 5) is 28.4. The molecule has 0 aromatic heterocycles. The molecular weight excluding hydrogens is 418 g/mol. The average molecular weight is 448 g/mol. The maximum Gasteiger partial charge on any atom is 0.317 e. The number of piperazine rings is 1. The van der Waals surface area contributed by atoms with Crippen molar-refractivity contribution in [3.63, 3.8) is 0 Å². The Balaban J connectivity index is 1.49. The molecule has 33 heavy (non-hydrogen) atoms. The molecule has 3 amide bonds. The minimum absolute atomic E-state index is 0.0267. The second kappa shape index (κ2) is 9.97. The number of amides is 3. The first-order valence-electron chi connectivity index (χ1n) is 11.3. The van der Waals surface area contributed by atoms with Gasteiger partial charge in [0, 0.05) is 30.1 Å². The van der Waals surface area contributed by atoms with Crippen molar-refractivity contribution >= 4 is 11.9 Å². The molecule has 3 atom stereocenters. The van der Waals surface area contributed by atoms with Crippen LogP contribution in [0.4, 0.5) is 4.79 Å². The van der Waals surface area contributed by atoms with E-state index in [1.54, 1.807) is 16.9 Å². The third-order valence-corrected chi connectivity index (χ3v) is 6.28. The number of urea groups is 1. The standard InChI is InChI=1S/C26H29N3O4/c1-3-13-27-26(32)28-15-22-25(23(17-30)29(22)24(31)16-28)20-11-9-18(10-12-20)7-8-19-5-4-6-21(14-19)33-2/h4-6,9-12,14,22-23,25,30H,3,13,15-17H2,1-2H3,(H,27,32)/t22-,23-,25-/m1/s1. The van der Waals surface area contributed by atoms with Crippen LogP contribution in [0.2, 0.25) is 0 Å². The Labute approximate surface area is 194 Å². The minimum Gasteiger partial charge on any atom is -0.497 e. The van der Waals surface area contributed by atoms with Crippen molar-refractivity contribution in [1.29, 1.82) is 0 Å². The van der Waals surface area contributed by atoms with Gasteiger partial charge in [-0.2, -0.15) is 0 Å². The fourth-order valence-corrected chi connectivity index (χ4v) is 4.63. The van der Waals surface area contributed by atoms with Gasteiger partial charge in [0.25, 0.3) is 0 Å². The lowest BCUT2D eigenvalue weighted by atomic mass is 9.73. The van der Waals surface area contributed by atoms with Crippen molar-refractivity contribution in [2.45, 2.75) is 31.3 Å². The van der Waals surface area contributed by atoms with Gasteiger partial charge in [-0.25, -0.2) is 4.79 Å². The quantitative estimate of drug-likeness (QED) is 0.689. The summed E-state index contributed by atoms with van der Waals surface area (Å²) < 4.78 is 5.24. The van der Waals surface area contributed by atoms with Gasteiger partial charge < -0.3 is 25.0 Å². The van der Waals surface area contributed by atoms with E-state index in [2.05, 4.69) is 17.2 Å². The van der Waals surface area contributed by atoms with E-state index in [1.807, 2.05) is 55.5 Å². The average Bonchev–Trinajstić information content (AvgIpc) is 2.83. The van der Waals surface area contributed by atoms with Gasteiger partial charge >= 0.3 is 6.03 Å². The van der Waals surface area contributed by atoms with Gasteiger partial charge in [-0.3, -0.25) is 4.79 Å². The molecule has 2 heterocycles. The summed E-state index contributed by atoms with van der Waals surface area (Å²) in [5, 5.41) is 12.8. The van der Waals surface area contributed by atoms with Crippen LogP contribution in [-0.4, -0.2) is 72.3 Å². The Morgan fingerprint density at radius 2 is 1.94 bits per heavy atom. The van der Waals surface area contributed by atoms with E-state index < -0.39 is 0 Å². The number of fused-ring (bicyclic) bond motifs is 1. The van der Waals surface area contributed by atoms with Crippen LogP contribution >= 0.6 is 0 Å². The van der Waals surface area contributed by atoms with Gasteiger partial charge in [0.15, 0.2) is 0 Å². The minimum atomic E-state index is -0.267. The molecule has 0 aliphatic carbocycles. The normalized spacial score (nSPS) is 21.4. The van der Waals surface area contributed by atoms with Crippen molar-refractivity contribution in [1.82, 2.24) is 15.1 Å². The number of methoxy groups -OCH3 is 1. The van der Waals surface area contributed by atoms with E-state index in [1.165, 1.54) is 0 Å². The number of aliphatic hydroxyl groups is 1. The maximum absolute atomic E-state index is 12.7. The number of rotatable bonds is 5. The van der Waals surface area contributed by atoms with E-state index >= 15 is 0 Å². The number of aliphatic hydroxyl groups excluding tert-OH is 1. The highest BCUT2D eigenvalue weighted by Crippen LogP contribution is 2.42. The summed E-state index contributed by atoms with van der Waals surface area (Å²) in [5.41, 5.74) is 2.78. The summed E-state index contributed by atoms with van der Waals surface area (Å²) in [6.45, 7) is 2.97. The summed E-state index contributed by atoms with van der Waals surface area (Å²) in [7, 11) is 1.63. The predicted molar refractivity (Wildman–Crippen MR) is 125 cm³/mol. The summed E-state index contributed by atoms with van der Waals surface area (Å²) in [5.74, 6) is 6.93. The van der Waals surface area contributed by atoms with E-state index in [0.717, 1.165) is 28.9 Å². The molecule has 4 rings (SSSR count). The van der Waals surface area contributed by atoms with Gasteiger partial charge in [0.1, 0.15) is 12.3 Å². The number of nitrogens with one attached hydrogen (secondary N) is 1. The van der Waals surface area contributed by atoms with Crippen LogP contribution in [0.15, 0.2) is 48.5 Å². The van der Waals surface area contributed by atoms with Crippen LogP contribution < -0.4 is 10.1 Å². The second-order valence-electron chi connectivity index (χ2n) is 8.36. The molecule has 2 aliphatic rings. The number of hydrogen-bond acceptors (Lipinski definition) is 4. The second-order valence-corrected chi connectivity index (χ2v) is 8.36. The Kier molecular flexibility index (Phi) is 6.85. The first-order chi connectivity index (χ1) is 16.0. The smallest absolute Gasteiger partial charge is 0.317 e. The highest BCUT2D eigenvalue weighted by molar-refractivity contribution is 5.87. The van der Waals surface area contributed by atoms with Crippen molar-refractivity contribution in [3.05, 3.63) is 65.2 Å². The molecule has 0 radical (unpaired) electrons. The Hall–Kier alpha value is -3.50. The predicted octanol–water partition coefficient (Wildman–Crippen LogP) is 2.19. The molecule has 7 nitrogen and oxygen atoms in total. The Bertz CT molecular complexity index is 1070. The number of hydrogen-bond donors (Lipinski definition) is 2. The van der Waals surface area contributed by atoms with Crippen LogP contribution in [0, 0.1) is 11.8 Å². The van der Waals surface area contributed by atoms with Gasteiger partial charge in [-0.15, -0.1) is 0 Å². The topological polar surface area (TPSA) is 82.1 Å². The molecular formula is C26H29N3O4. The molecule has 2 aliphatic heterocycles. The zero-order chi connectivity index (χ0) is 23.4. The van der Waals surface area contributed by atoms with Crippen LogP contribution in [0.1, 0.15) is 36.0 Å². The Morgan fingerprint density at radius 3 is 2.64 bits per heavy atom. The Morgan fingerprint density at radius 1 is 1.18 bits per heavy atom. The molecule has 0 saturated carbocycles. The fourth-order valence-electron chi connectivity index (χ4n) is 4.63. The van der Waals surface area contributed by atoms with Crippen LogP contribution in [0.3, 0.4) is 0 Å². The molecule has 172 valence electrons. The third-order valence-electron chi connectivity index (χ3n) is 6.28. The van der Waals surface area contributed by atoms with Crippen LogP contribution in [-0.2, 0) is 4.79 Å². The zero-order valence-electron chi connectivity index (χ0n) is 19.0.